The van der Waals surface area contributed by atoms with E-state index in [1.807, 2.05) is 67.3 Å². The highest BCUT2D eigenvalue weighted by atomic mass is 16.2. The molecule has 0 bridgehead atoms. The van der Waals surface area contributed by atoms with Gasteiger partial charge in [0.2, 0.25) is 17.7 Å². The second kappa shape index (κ2) is 10.2. The van der Waals surface area contributed by atoms with Crippen LogP contribution in [0.5, 0.6) is 0 Å². The quantitative estimate of drug-likeness (QED) is 0.724. The van der Waals surface area contributed by atoms with Crippen molar-refractivity contribution in [2.45, 2.75) is 65.1 Å². The van der Waals surface area contributed by atoms with E-state index in [-0.39, 0.29) is 23.6 Å². The van der Waals surface area contributed by atoms with E-state index in [2.05, 4.69) is 5.32 Å². The van der Waals surface area contributed by atoms with Gasteiger partial charge < -0.3 is 15.1 Å². The molecule has 0 aromatic heterocycles. The van der Waals surface area contributed by atoms with Gasteiger partial charge >= 0.3 is 0 Å². The summed E-state index contributed by atoms with van der Waals surface area (Å²) in [7, 11) is 0. The first-order valence-electron chi connectivity index (χ1n) is 11.9. The third-order valence-electron chi connectivity index (χ3n) is 6.44. The Kier molecular flexibility index (Phi) is 7.11. The second-order valence-corrected chi connectivity index (χ2v) is 9.57. The molecule has 1 atom stereocenters. The zero-order chi connectivity index (χ0) is 23.4. The Labute approximate surface area is 196 Å². The Bertz CT molecular complexity index is 1030. The number of nitrogens with zero attached hydrogens (tertiary/aromatic N) is 2. The molecule has 1 fully saturated rings. The predicted molar refractivity (Wildman–Crippen MR) is 128 cm³/mol. The maximum absolute atomic E-state index is 13.4. The van der Waals surface area contributed by atoms with Crippen LogP contribution in [0.1, 0.15) is 56.2 Å². The molecule has 2 aromatic rings. The summed E-state index contributed by atoms with van der Waals surface area (Å²) in [6, 6.07) is 15.1. The van der Waals surface area contributed by atoms with Crippen LogP contribution in [-0.2, 0) is 33.9 Å². The number of amides is 3. The molecule has 1 N–H and O–H groups in total. The van der Waals surface area contributed by atoms with Crippen LogP contribution in [0.3, 0.4) is 0 Å². The topological polar surface area (TPSA) is 69.7 Å². The lowest BCUT2D eigenvalue weighted by atomic mass is 9.92. The van der Waals surface area contributed by atoms with Crippen molar-refractivity contribution in [2.24, 2.45) is 5.92 Å². The number of hydrogen-bond acceptors (Lipinski definition) is 3. The van der Waals surface area contributed by atoms with Gasteiger partial charge in [-0.05, 0) is 47.6 Å². The van der Waals surface area contributed by atoms with Crippen LogP contribution in [0.25, 0.3) is 0 Å². The number of hydrogen-bond donors (Lipinski definition) is 1. The van der Waals surface area contributed by atoms with Gasteiger partial charge in [0.25, 0.3) is 0 Å². The summed E-state index contributed by atoms with van der Waals surface area (Å²) in [5.41, 5.74) is 3.90. The van der Waals surface area contributed by atoms with E-state index in [1.165, 1.54) is 0 Å². The molecule has 6 heteroatoms. The first-order chi connectivity index (χ1) is 15.9. The van der Waals surface area contributed by atoms with E-state index in [9.17, 15) is 14.4 Å². The Morgan fingerprint density at radius 3 is 2.61 bits per heavy atom. The lowest BCUT2D eigenvalue weighted by Gasteiger charge is -2.36. The molecule has 33 heavy (non-hydrogen) atoms. The van der Waals surface area contributed by atoms with Crippen molar-refractivity contribution < 1.29 is 14.4 Å². The molecular formula is C27H33N3O3. The van der Waals surface area contributed by atoms with Crippen molar-refractivity contribution in [3.63, 3.8) is 0 Å². The third-order valence-corrected chi connectivity index (χ3v) is 6.44. The van der Waals surface area contributed by atoms with Crippen LogP contribution in [0.4, 0.5) is 5.69 Å². The number of benzene rings is 2. The Hall–Kier alpha value is -3.15. The van der Waals surface area contributed by atoms with Crippen molar-refractivity contribution >= 4 is 23.4 Å². The minimum absolute atomic E-state index is 0.0111. The molecule has 4 rings (SSSR count). The van der Waals surface area contributed by atoms with E-state index in [1.54, 1.807) is 4.90 Å². The van der Waals surface area contributed by atoms with Gasteiger partial charge in [0, 0.05) is 44.6 Å². The van der Waals surface area contributed by atoms with Gasteiger partial charge in [0.1, 0.15) is 6.04 Å². The lowest BCUT2D eigenvalue weighted by molar-refractivity contribution is -0.140. The number of likely N-dealkylation sites (tertiary alicyclic amines) is 1. The summed E-state index contributed by atoms with van der Waals surface area (Å²) in [5.74, 6) is 0.258. The molecule has 1 saturated heterocycles. The number of piperidine rings is 1. The molecule has 0 spiro atoms. The number of rotatable bonds is 6. The monoisotopic (exact) mass is 447 g/mol. The summed E-state index contributed by atoms with van der Waals surface area (Å²) in [4.78, 5) is 42.1. The number of fused-ring (bicyclic) bond motifs is 1. The molecule has 2 heterocycles. The Morgan fingerprint density at radius 2 is 1.85 bits per heavy atom. The number of carbonyl (C=O) groups is 3. The zero-order valence-electron chi connectivity index (χ0n) is 19.5. The first kappa shape index (κ1) is 23.0. The van der Waals surface area contributed by atoms with Gasteiger partial charge in [-0.25, -0.2) is 0 Å². The predicted octanol–water partition coefficient (Wildman–Crippen LogP) is 4.14. The first-order valence-corrected chi connectivity index (χ1v) is 11.9. The van der Waals surface area contributed by atoms with Crippen molar-refractivity contribution in [1.29, 1.82) is 0 Å². The molecule has 174 valence electrons. The van der Waals surface area contributed by atoms with Crippen LogP contribution in [0.2, 0.25) is 0 Å². The Balaban J connectivity index is 1.50. The molecule has 3 amide bonds. The van der Waals surface area contributed by atoms with Gasteiger partial charge in [0.15, 0.2) is 0 Å². The molecule has 6 nitrogen and oxygen atoms in total. The van der Waals surface area contributed by atoms with Crippen LogP contribution in [0, 0.1) is 5.92 Å². The number of carbonyl (C=O) groups excluding carboxylic acids is 3. The maximum atomic E-state index is 13.4. The summed E-state index contributed by atoms with van der Waals surface area (Å²) in [6.45, 7) is 5.83. The molecule has 0 radical (unpaired) electrons. The van der Waals surface area contributed by atoms with Gasteiger partial charge in [0.05, 0.1) is 0 Å². The van der Waals surface area contributed by atoms with Gasteiger partial charge in [-0.3, -0.25) is 14.4 Å². The van der Waals surface area contributed by atoms with Crippen molar-refractivity contribution in [3.05, 3.63) is 65.2 Å². The zero-order valence-corrected chi connectivity index (χ0v) is 19.5. The van der Waals surface area contributed by atoms with Crippen LogP contribution in [-0.4, -0.2) is 40.1 Å². The second-order valence-electron chi connectivity index (χ2n) is 9.57. The SMILES string of the molecule is CC(C)CC(=O)N1Cc2ccccc2CC1C(=O)Nc1cccc(CN2CCCCC2=O)c1. The van der Waals surface area contributed by atoms with E-state index < -0.39 is 6.04 Å². The fourth-order valence-corrected chi connectivity index (χ4v) is 4.71. The highest BCUT2D eigenvalue weighted by Crippen LogP contribution is 2.26. The van der Waals surface area contributed by atoms with E-state index >= 15 is 0 Å². The number of anilines is 1. The maximum Gasteiger partial charge on any atom is 0.247 e. The molecule has 0 aliphatic carbocycles. The standard InChI is InChI=1S/C27H33N3O3/c1-19(2)14-26(32)30-18-22-10-4-3-9-21(22)16-24(30)27(33)28-23-11-7-8-20(15-23)17-29-13-6-5-12-25(29)31/h3-4,7-11,15,19,24H,5-6,12-14,16-18H2,1-2H3,(H,28,33). The summed E-state index contributed by atoms with van der Waals surface area (Å²) < 4.78 is 0. The van der Waals surface area contributed by atoms with Crippen molar-refractivity contribution in [2.75, 3.05) is 11.9 Å². The molecule has 0 saturated carbocycles. The fourth-order valence-electron chi connectivity index (χ4n) is 4.71. The highest BCUT2D eigenvalue weighted by molar-refractivity contribution is 5.97. The summed E-state index contributed by atoms with van der Waals surface area (Å²) in [5, 5.41) is 3.03. The largest absolute Gasteiger partial charge is 0.338 e. The average Bonchev–Trinajstić information content (AvgIpc) is 2.79. The molecule has 2 aliphatic rings. The van der Waals surface area contributed by atoms with Crippen LogP contribution < -0.4 is 5.32 Å². The van der Waals surface area contributed by atoms with Crippen molar-refractivity contribution in [3.8, 4) is 0 Å². The van der Waals surface area contributed by atoms with Crippen molar-refractivity contribution in [1.82, 2.24) is 9.80 Å². The highest BCUT2D eigenvalue weighted by Gasteiger charge is 2.34. The molecule has 2 aromatic carbocycles. The minimum atomic E-state index is -0.543. The average molecular weight is 448 g/mol. The Morgan fingerprint density at radius 1 is 1.06 bits per heavy atom. The van der Waals surface area contributed by atoms with E-state index in [4.69, 9.17) is 0 Å². The summed E-state index contributed by atoms with van der Waals surface area (Å²) >= 11 is 0. The smallest absolute Gasteiger partial charge is 0.247 e. The molecule has 1 unspecified atom stereocenters. The molecular weight excluding hydrogens is 414 g/mol. The van der Waals surface area contributed by atoms with E-state index in [0.717, 1.165) is 36.1 Å². The number of nitrogens with one attached hydrogen (secondary N) is 1. The lowest BCUT2D eigenvalue weighted by Crippen LogP contribution is -2.50. The van der Waals surface area contributed by atoms with Crippen LogP contribution >= 0.6 is 0 Å². The molecule has 2 aliphatic heterocycles. The fraction of sp³-hybridized carbons (Fsp3) is 0.444. The van der Waals surface area contributed by atoms with Gasteiger partial charge in [-0.1, -0.05) is 50.2 Å². The van der Waals surface area contributed by atoms with Gasteiger partial charge in [-0.15, -0.1) is 0 Å². The van der Waals surface area contributed by atoms with Gasteiger partial charge in [-0.2, -0.15) is 0 Å². The minimum Gasteiger partial charge on any atom is -0.338 e. The summed E-state index contributed by atoms with van der Waals surface area (Å²) in [6.07, 6.45) is 3.53. The normalized spacial score (nSPS) is 18.3. The third kappa shape index (κ3) is 5.62. The van der Waals surface area contributed by atoms with E-state index in [0.29, 0.717) is 38.0 Å². The van der Waals surface area contributed by atoms with Crippen LogP contribution in [0.15, 0.2) is 48.5 Å².